The van der Waals surface area contributed by atoms with E-state index < -0.39 is 17.5 Å². The Balaban J connectivity index is 1.57. The minimum Gasteiger partial charge on any atom is -0.508 e. The first kappa shape index (κ1) is 21.9. The van der Waals surface area contributed by atoms with Gasteiger partial charge in [-0.3, -0.25) is 9.80 Å². The van der Waals surface area contributed by atoms with Gasteiger partial charge in [0.15, 0.2) is 17.5 Å². The van der Waals surface area contributed by atoms with Crippen molar-refractivity contribution in [1.82, 2.24) is 9.80 Å². The van der Waals surface area contributed by atoms with Crippen LogP contribution in [0.4, 0.5) is 13.2 Å². The first-order valence-electron chi connectivity index (χ1n) is 10.3. The molecule has 0 saturated carbocycles. The van der Waals surface area contributed by atoms with E-state index in [1.807, 2.05) is 17.5 Å². The third-order valence-corrected chi connectivity index (χ3v) is 6.67. The van der Waals surface area contributed by atoms with Gasteiger partial charge in [-0.25, -0.2) is 13.2 Å². The number of aromatic hydroxyl groups is 1. The van der Waals surface area contributed by atoms with Gasteiger partial charge in [0, 0.05) is 31.7 Å². The number of rotatable bonds is 5. The molecule has 164 valence electrons. The van der Waals surface area contributed by atoms with Crippen LogP contribution in [0.1, 0.15) is 36.6 Å². The quantitative estimate of drug-likeness (QED) is 0.520. The van der Waals surface area contributed by atoms with Gasteiger partial charge in [-0.15, -0.1) is 0 Å². The highest BCUT2D eigenvalue weighted by molar-refractivity contribution is 7.08. The fourth-order valence-corrected chi connectivity index (χ4v) is 5.12. The SMILES string of the molecule is C[C@@H]1CN(C(c2ccsc2)c2cccc(O)c2)[C@@H](C)CN1Cc1cc(F)c(F)c(F)c1. The average molecular weight is 447 g/mol. The van der Waals surface area contributed by atoms with Crippen molar-refractivity contribution in [3.63, 3.8) is 0 Å². The van der Waals surface area contributed by atoms with E-state index >= 15 is 0 Å². The molecular weight excluding hydrogens is 421 g/mol. The van der Waals surface area contributed by atoms with Gasteiger partial charge >= 0.3 is 0 Å². The van der Waals surface area contributed by atoms with Gasteiger partial charge in [0.25, 0.3) is 0 Å². The maximum Gasteiger partial charge on any atom is 0.194 e. The number of thiophene rings is 1. The van der Waals surface area contributed by atoms with Crippen LogP contribution in [-0.2, 0) is 6.54 Å². The lowest BCUT2D eigenvalue weighted by molar-refractivity contribution is 0.0195. The van der Waals surface area contributed by atoms with Crippen molar-refractivity contribution in [1.29, 1.82) is 0 Å². The normalized spacial score (nSPS) is 21.3. The van der Waals surface area contributed by atoms with Gasteiger partial charge < -0.3 is 5.11 Å². The highest BCUT2D eigenvalue weighted by atomic mass is 32.1. The molecule has 7 heteroatoms. The number of phenols is 1. The van der Waals surface area contributed by atoms with E-state index in [-0.39, 0.29) is 23.9 Å². The molecule has 0 bridgehead atoms. The monoisotopic (exact) mass is 446 g/mol. The van der Waals surface area contributed by atoms with Crippen molar-refractivity contribution in [2.75, 3.05) is 13.1 Å². The van der Waals surface area contributed by atoms with Gasteiger partial charge in [0.2, 0.25) is 0 Å². The van der Waals surface area contributed by atoms with E-state index in [0.717, 1.165) is 24.2 Å². The molecule has 1 aromatic heterocycles. The molecule has 0 amide bonds. The van der Waals surface area contributed by atoms with Crippen molar-refractivity contribution in [2.45, 2.75) is 38.5 Å². The summed E-state index contributed by atoms with van der Waals surface area (Å²) in [5.41, 5.74) is 2.62. The van der Waals surface area contributed by atoms with Gasteiger partial charge in [-0.1, -0.05) is 12.1 Å². The number of piperazine rings is 1. The molecular formula is C24H25F3N2OS. The zero-order chi connectivity index (χ0) is 22.1. The van der Waals surface area contributed by atoms with E-state index in [0.29, 0.717) is 18.7 Å². The molecule has 3 aromatic rings. The number of nitrogens with zero attached hydrogens (tertiary/aromatic N) is 2. The molecule has 2 aromatic carbocycles. The Hall–Kier alpha value is -2.35. The predicted octanol–water partition coefficient (Wildman–Crippen LogP) is 5.56. The molecule has 3 atom stereocenters. The molecule has 1 aliphatic heterocycles. The van der Waals surface area contributed by atoms with Gasteiger partial charge in [-0.2, -0.15) is 11.3 Å². The van der Waals surface area contributed by atoms with Crippen LogP contribution in [0.5, 0.6) is 5.75 Å². The van der Waals surface area contributed by atoms with Crippen LogP contribution >= 0.6 is 11.3 Å². The van der Waals surface area contributed by atoms with Crippen molar-refractivity contribution in [2.24, 2.45) is 0 Å². The zero-order valence-electron chi connectivity index (χ0n) is 17.4. The van der Waals surface area contributed by atoms with Crippen molar-refractivity contribution in [3.8, 4) is 5.75 Å². The van der Waals surface area contributed by atoms with Crippen LogP contribution in [0.15, 0.2) is 53.2 Å². The molecule has 0 aliphatic carbocycles. The zero-order valence-corrected chi connectivity index (χ0v) is 18.2. The second-order valence-corrected chi connectivity index (χ2v) is 9.03. The Kier molecular flexibility index (Phi) is 6.36. The van der Waals surface area contributed by atoms with Crippen LogP contribution in [0.25, 0.3) is 0 Å². The van der Waals surface area contributed by atoms with E-state index in [9.17, 15) is 18.3 Å². The second kappa shape index (κ2) is 9.02. The van der Waals surface area contributed by atoms with Crippen molar-refractivity contribution in [3.05, 3.63) is 87.4 Å². The summed E-state index contributed by atoms with van der Waals surface area (Å²) >= 11 is 1.64. The van der Waals surface area contributed by atoms with Crippen molar-refractivity contribution >= 4 is 11.3 Å². The van der Waals surface area contributed by atoms with Crippen LogP contribution in [-0.4, -0.2) is 40.1 Å². The van der Waals surface area contributed by atoms with Gasteiger partial charge in [0.1, 0.15) is 5.75 Å². The van der Waals surface area contributed by atoms with E-state index in [4.69, 9.17) is 0 Å². The fourth-order valence-electron chi connectivity index (χ4n) is 4.44. The van der Waals surface area contributed by atoms with E-state index in [1.54, 1.807) is 23.5 Å². The van der Waals surface area contributed by atoms with Crippen molar-refractivity contribution < 1.29 is 18.3 Å². The third kappa shape index (κ3) is 4.63. The van der Waals surface area contributed by atoms with E-state index in [2.05, 4.69) is 35.1 Å². The topological polar surface area (TPSA) is 26.7 Å². The molecule has 2 heterocycles. The molecule has 1 fully saturated rings. The summed E-state index contributed by atoms with van der Waals surface area (Å²) in [5, 5.41) is 14.2. The smallest absolute Gasteiger partial charge is 0.194 e. The largest absolute Gasteiger partial charge is 0.508 e. The number of benzene rings is 2. The lowest BCUT2D eigenvalue weighted by Gasteiger charge is -2.47. The summed E-state index contributed by atoms with van der Waals surface area (Å²) in [4.78, 5) is 4.57. The standard InChI is InChI=1S/C24H25F3N2OS/c1-15-12-29(24(19-6-7-31-14-19)18-4-3-5-20(30)10-18)16(2)11-28(15)13-17-8-21(25)23(27)22(26)9-17/h3-10,14-16,24,30H,11-13H2,1-2H3/t15-,16+,24?/m1/s1. The van der Waals surface area contributed by atoms with E-state index in [1.165, 1.54) is 5.56 Å². The van der Waals surface area contributed by atoms with Gasteiger partial charge in [-0.05, 0) is 71.6 Å². The summed E-state index contributed by atoms with van der Waals surface area (Å²) in [6.07, 6.45) is 0. The first-order chi connectivity index (χ1) is 14.8. The summed E-state index contributed by atoms with van der Waals surface area (Å²) in [7, 11) is 0. The second-order valence-electron chi connectivity index (χ2n) is 8.25. The van der Waals surface area contributed by atoms with Crippen LogP contribution in [0.2, 0.25) is 0 Å². The maximum atomic E-state index is 13.7. The average Bonchev–Trinajstić information content (AvgIpc) is 3.24. The third-order valence-electron chi connectivity index (χ3n) is 5.97. The van der Waals surface area contributed by atoms with Crippen LogP contribution in [0.3, 0.4) is 0 Å². The Morgan fingerprint density at radius 2 is 1.74 bits per heavy atom. The molecule has 0 radical (unpaired) electrons. The molecule has 3 nitrogen and oxygen atoms in total. The lowest BCUT2D eigenvalue weighted by Crippen LogP contribution is -2.56. The Morgan fingerprint density at radius 3 is 2.39 bits per heavy atom. The fraction of sp³-hybridized carbons (Fsp3) is 0.333. The van der Waals surface area contributed by atoms with Crippen LogP contribution < -0.4 is 0 Å². The minimum absolute atomic E-state index is 0.00124. The number of hydrogen-bond acceptors (Lipinski definition) is 4. The number of phenolic OH excluding ortho intramolecular Hbond substituents is 1. The Labute approximate surface area is 184 Å². The number of hydrogen-bond donors (Lipinski definition) is 1. The lowest BCUT2D eigenvalue weighted by atomic mass is 9.95. The minimum atomic E-state index is -1.43. The Bertz CT molecular complexity index is 1020. The molecule has 0 spiro atoms. The first-order valence-corrected chi connectivity index (χ1v) is 11.2. The highest BCUT2D eigenvalue weighted by Crippen LogP contribution is 2.35. The Morgan fingerprint density at radius 1 is 1.00 bits per heavy atom. The summed E-state index contributed by atoms with van der Waals surface area (Å²) < 4.78 is 40.6. The molecule has 1 N–H and O–H groups in total. The summed E-state index contributed by atoms with van der Waals surface area (Å²) in [6.45, 7) is 6.00. The molecule has 4 rings (SSSR count). The van der Waals surface area contributed by atoms with Gasteiger partial charge in [0.05, 0.1) is 6.04 Å². The summed E-state index contributed by atoms with van der Waals surface area (Å²) in [6, 6.07) is 11.9. The molecule has 31 heavy (non-hydrogen) atoms. The maximum absolute atomic E-state index is 13.7. The molecule has 1 saturated heterocycles. The van der Waals surface area contributed by atoms with Crippen LogP contribution in [0, 0.1) is 17.5 Å². The summed E-state index contributed by atoms with van der Waals surface area (Å²) in [5.74, 6) is -3.51. The highest BCUT2D eigenvalue weighted by Gasteiger charge is 2.35. The number of halogens is 3. The molecule has 1 aliphatic rings. The predicted molar refractivity (Wildman–Crippen MR) is 117 cm³/mol. The molecule has 1 unspecified atom stereocenters.